The second-order valence-corrected chi connectivity index (χ2v) is 18.2. The van der Waals surface area contributed by atoms with Gasteiger partial charge in [-0.25, -0.2) is 0 Å². The zero-order chi connectivity index (χ0) is 58.6. The number of alkyl halides is 24. The highest BCUT2D eigenvalue weighted by atomic mass is 32.1. The van der Waals surface area contributed by atoms with Gasteiger partial charge in [-0.1, -0.05) is 91.0 Å². The molecule has 0 amide bonds. The van der Waals surface area contributed by atoms with Gasteiger partial charge in [-0.15, -0.1) is 0 Å². The Kier molecular flexibility index (Phi) is 16.3. The second kappa shape index (κ2) is 21.1. The van der Waals surface area contributed by atoms with E-state index in [0.29, 0.717) is 0 Å². The fourth-order valence-electron chi connectivity index (χ4n) is 8.27. The Labute approximate surface area is 428 Å². The molecule has 0 fully saturated rings. The molecule has 7 aromatic rings. The van der Waals surface area contributed by atoms with E-state index in [9.17, 15) is 105 Å². The lowest BCUT2D eigenvalue weighted by atomic mass is 9.12. The molecule has 0 bridgehead atoms. The van der Waals surface area contributed by atoms with E-state index in [1.807, 2.05) is 18.2 Å². The van der Waals surface area contributed by atoms with Crippen LogP contribution in [0.5, 0.6) is 10.9 Å². The number of aryl methyl sites for hydroxylation is 1. The molecule has 28 heteroatoms. The van der Waals surface area contributed by atoms with E-state index in [4.69, 9.17) is 4.74 Å². The maximum Gasteiger partial charge on any atom is 0.436 e. The van der Waals surface area contributed by atoms with Crippen molar-refractivity contribution in [3.05, 3.63) is 194 Å². The first-order valence-electron chi connectivity index (χ1n) is 21.6. The van der Waals surface area contributed by atoms with E-state index in [0.717, 1.165) is 17.5 Å². The minimum absolute atomic E-state index is 0.691. The van der Waals surface area contributed by atoms with Crippen LogP contribution in [0.4, 0.5) is 105 Å². The summed E-state index contributed by atoms with van der Waals surface area (Å²) in [5.74, 6) is 0.930. The lowest BCUT2D eigenvalue weighted by Crippen LogP contribution is -2.75. The van der Waals surface area contributed by atoms with E-state index in [1.54, 1.807) is 11.3 Å². The fraction of sp³-hybridized carbons (Fsp3) is 0.220. The molecule has 418 valence electrons. The maximum atomic E-state index is 14.2. The van der Waals surface area contributed by atoms with Crippen LogP contribution in [-0.2, 0) is 56.0 Å². The van der Waals surface area contributed by atoms with Gasteiger partial charge in [-0.2, -0.15) is 132 Å². The Morgan fingerprint density at radius 1 is 0.385 bits per heavy atom. The molecule has 0 spiro atoms. The normalized spacial score (nSPS) is 13.3. The van der Waals surface area contributed by atoms with Crippen molar-refractivity contribution in [3.8, 4) is 10.9 Å². The molecular formula is C50H30BF24NOS. The molecule has 0 aliphatic carbocycles. The van der Waals surface area contributed by atoms with Gasteiger partial charge in [-0.05, 0) is 66.6 Å². The molecule has 0 atom stereocenters. The SMILES string of the molecule is Cc1cccc(Oc2scc[n+]2Cc2ccccc2)c1C.FC(F)(F)c1cc([B-](c2cc(C(F)(F)F)cc(C(F)(F)F)c2)(c2cc(C(F)(F)F)cc(C(F)(F)F)c2)c2cc(C(F)(F)F)cc(C(F)(F)F)c2)cc(C(F)(F)F)c1. The number of ether oxygens (including phenoxy) is 1. The van der Waals surface area contributed by atoms with Gasteiger partial charge in [0.15, 0.2) is 12.7 Å². The van der Waals surface area contributed by atoms with Crippen molar-refractivity contribution in [2.24, 2.45) is 0 Å². The largest absolute Gasteiger partial charge is 0.436 e. The van der Waals surface area contributed by atoms with Crippen LogP contribution in [0.3, 0.4) is 0 Å². The third-order valence-corrected chi connectivity index (χ3v) is 12.8. The first-order chi connectivity index (χ1) is 35.5. The zero-order valence-electron chi connectivity index (χ0n) is 38.8. The van der Waals surface area contributed by atoms with Crippen LogP contribution >= 0.6 is 11.3 Å². The summed E-state index contributed by atoms with van der Waals surface area (Å²) in [6.45, 7) is 5.03. The highest BCUT2D eigenvalue weighted by Gasteiger charge is 2.47. The number of hydrogen-bond acceptors (Lipinski definition) is 2. The average Bonchev–Trinajstić information content (AvgIpc) is 3.79. The van der Waals surface area contributed by atoms with E-state index in [-0.39, 0.29) is 0 Å². The number of thiazole rings is 1. The molecular weight excluding hydrogens is 1130 g/mol. The monoisotopic (exact) mass is 1160 g/mol. The summed E-state index contributed by atoms with van der Waals surface area (Å²) < 4.78 is 349. The third kappa shape index (κ3) is 13.7. The minimum atomic E-state index is -6.13. The maximum absolute atomic E-state index is 14.2. The molecule has 7 rings (SSSR count). The smallest absolute Gasteiger partial charge is 0.396 e. The first-order valence-corrected chi connectivity index (χ1v) is 22.5. The average molecular weight is 1160 g/mol. The Morgan fingerprint density at radius 2 is 0.679 bits per heavy atom. The Hall–Kier alpha value is -6.87. The van der Waals surface area contributed by atoms with Crippen molar-refractivity contribution in [2.75, 3.05) is 0 Å². The van der Waals surface area contributed by atoms with E-state index in [1.165, 1.54) is 16.7 Å². The molecule has 1 heterocycles. The molecule has 0 N–H and O–H groups in total. The lowest BCUT2D eigenvalue weighted by Gasteiger charge is -2.46. The zero-order valence-corrected chi connectivity index (χ0v) is 39.6. The molecule has 6 aromatic carbocycles. The van der Waals surface area contributed by atoms with Crippen molar-refractivity contribution in [1.82, 2.24) is 0 Å². The second-order valence-electron chi connectivity index (χ2n) is 17.3. The summed E-state index contributed by atoms with van der Waals surface area (Å²) in [6.07, 6.45) is -52.7. The highest BCUT2D eigenvalue weighted by Crippen LogP contribution is 2.42. The van der Waals surface area contributed by atoms with Gasteiger partial charge in [0.1, 0.15) is 11.9 Å². The first kappa shape index (κ1) is 60.4. The standard InChI is InChI=1S/C32H12BF24.C18H18NOS/c34-25(35,36)13-1-14(26(37,38)39)6-21(5-13)33(22-7-15(27(40,41)42)2-16(8-22)28(43,44)45,23-9-17(29(46,47)48)3-18(10-23)30(49,50)51)24-11-19(31(52,53)54)4-20(12-24)32(55,56)57;1-14-7-6-10-17(15(14)2)20-18-19(11-12-21-18)13-16-8-4-3-5-9-16/h1-12H;3-12H,13H2,1-2H3/q-1;+1. The summed E-state index contributed by atoms with van der Waals surface area (Å²) in [7, 11) is 0. The van der Waals surface area contributed by atoms with Crippen LogP contribution in [0, 0.1) is 13.8 Å². The molecule has 0 aliphatic rings. The molecule has 0 saturated carbocycles. The predicted molar refractivity (Wildman–Crippen MR) is 236 cm³/mol. The summed E-state index contributed by atoms with van der Waals surface area (Å²) >= 11 is 1.62. The predicted octanol–water partition coefficient (Wildman–Crippen LogP) is 15.7. The molecule has 0 unspecified atom stereocenters. The van der Waals surface area contributed by atoms with Crippen molar-refractivity contribution < 1.29 is 115 Å². The molecule has 0 radical (unpaired) electrons. The summed E-state index contributed by atoms with van der Waals surface area (Å²) in [5, 5.41) is 2.97. The summed E-state index contributed by atoms with van der Waals surface area (Å²) in [4.78, 5) is 0. The fourth-order valence-corrected chi connectivity index (χ4v) is 8.99. The Bertz CT molecular complexity index is 2830. The van der Waals surface area contributed by atoms with Gasteiger partial charge in [-0.3, -0.25) is 0 Å². The molecule has 0 saturated heterocycles. The van der Waals surface area contributed by atoms with Gasteiger partial charge in [0, 0.05) is 5.56 Å². The molecule has 78 heavy (non-hydrogen) atoms. The lowest BCUT2D eigenvalue weighted by molar-refractivity contribution is -0.687. The van der Waals surface area contributed by atoms with Crippen molar-refractivity contribution in [3.63, 3.8) is 0 Å². The minimum Gasteiger partial charge on any atom is -0.396 e. The van der Waals surface area contributed by atoms with Crippen LogP contribution in [0.25, 0.3) is 0 Å². The Balaban J connectivity index is 0.000000387. The Morgan fingerprint density at radius 3 is 0.962 bits per heavy atom. The van der Waals surface area contributed by atoms with Crippen LogP contribution in [0.15, 0.2) is 133 Å². The molecule has 2 nitrogen and oxygen atoms in total. The number of benzene rings is 6. The van der Waals surface area contributed by atoms with Gasteiger partial charge in [0.2, 0.25) is 0 Å². The number of halogens is 24. The molecule has 0 aliphatic heterocycles. The van der Waals surface area contributed by atoms with Gasteiger partial charge in [0.25, 0.3) is 0 Å². The number of aromatic nitrogens is 1. The van der Waals surface area contributed by atoms with Crippen LogP contribution in [0.2, 0.25) is 0 Å². The van der Waals surface area contributed by atoms with Gasteiger partial charge >= 0.3 is 54.6 Å². The highest BCUT2D eigenvalue weighted by molar-refractivity contribution is 7.20. The quantitative estimate of drug-likeness (QED) is 0.0840. The van der Waals surface area contributed by atoms with Crippen LogP contribution in [-0.4, -0.2) is 6.15 Å². The number of nitrogens with zero attached hydrogens (tertiary/aromatic N) is 1. The van der Waals surface area contributed by atoms with Crippen molar-refractivity contribution in [2.45, 2.75) is 69.8 Å². The van der Waals surface area contributed by atoms with Crippen LogP contribution in [0.1, 0.15) is 61.2 Å². The number of hydrogen-bond donors (Lipinski definition) is 0. The van der Waals surface area contributed by atoms with Gasteiger partial charge < -0.3 is 4.74 Å². The van der Waals surface area contributed by atoms with Crippen molar-refractivity contribution in [1.29, 1.82) is 0 Å². The molecule has 1 aromatic heterocycles. The van der Waals surface area contributed by atoms with E-state index >= 15 is 0 Å². The summed E-state index contributed by atoms with van der Waals surface area (Å²) in [6, 6.07) is 7.78. The van der Waals surface area contributed by atoms with Crippen molar-refractivity contribution >= 4 is 39.3 Å². The van der Waals surface area contributed by atoms with E-state index < -0.39 is 195 Å². The number of rotatable bonds is 8. The van der Waals surface area contributed by atoms with E-state index in [2.05, 4.69) is 60.3 Å². The van der Waals surface area contributed by atoms with Gasteiger partial charge in [0.05, 0.1) is 49.9 Å². The summed E-state index contributed by atoms with van der Waals surface area (Å²) in [5.41, 5.74) is -26.5. The third-order valence-electron chi connectivity index (χ3n) is 12.0. The van der Waals surface area contributed by atoms with Crippen LogP contribution < -0.4 is 31.2 Å². The topological polar surface area (TPSA) is 13.1 Å².